The maximum Gasteiger partial charge on any atom is 0.214 e. The van der Waals surface area contributed by atoms with Gasteiger partial charge in [0.15, 0.2) is 0 Å². The highest BCUT2D eigenvalue weighted by atomic mass is 32.2. The second-order valence-corrected chi connectivity index (χ2v) is 6.57. The van der Waals surface area contributed by atoms with Crippen molar-refractivity contribution in [1.82, 2.24) is 4.31 Å². The number of benzene rings is 1. The van der Waals surface area contributed by atoms with Gasteiger partial charge >= 0.3 is 0 Å². The highest BCUT2D eigenvalue weighted by Crippen LogP contribution is 2.17. The summed E-state index contributed by atoms with van der Waals surface area (Å²) in [4.78, 5) is 0. The van der Waals surface area contributed by atoms with Crippen molar-refractivity contribution in [3.63, 3.8) is 0 Å². The molecule has 0 aromatic heterocycles. The molecule has 1 heterocycles. The third-order valence-corrected chi connectivity index (χ3v) is 4.86. The molecule has 1 aliphatic heterocycles. The molecule has 0 amide bonds. The minimum atomic E-state index is -3.05. The maximum atomic E-state index is 11.7. The van der Waals surface area contributed by atoms with E-state index in [4.69, 9.17) is 5.11 Å². The van der Waals surface area contributed by atoms with Crippen LogP contribution < -0.4 is 0 Å². The van der Waals surface area contributed by atoms with Crippen molar-refractivity contribution < 1.29 is 13.5 Å². The molecule has 1 aromatic rings. The van der Waals surface area contributed by atoms with Gasteiger partial charge in [0.1, 0.15) is 0 Å². The van der Waals surface area contributed by atoms with E-state index in [1.807, 2.05) is 24.3 Å². The van der Waals surface area contributed by atoms with Gasteiger partial charge in [0.25, 0.3) is 0 Å². The standard InChI is InChI=1S/C14H17NO3S/c16-9-2-1-5-13-6-3-7-14(11-13)12-15-8-4-10-19(15,17)18/h3,6-7,11,16H,2,4,8-10,12H2. The van der Waals surface area contributed by atoms with Crippen molar-refractivity contribution in [2.24, 2.45) is 0 Å². The van der Waals surface area contributed by atoms with Gasteiger partial charge in [-0.2, -0.15) is 4.31 Å². The van der Waals surface area contributed by atoms with Crippen LogP contribution in [0.25, 0.3) is 0 Å². The normalized spacial score (nSPS) is 17.9. The van der Waals surface area contributed by atoms with Crippen LogP contribution in [0.1, 0.15) is 24.0 Å². The van der Waals surface area contributed by atoms with Gasteiger partial charge in [0.05, 0.1) is 12.4 Å². The zero-order chi connectivity index (χ0) is 13.7. The summed E-state index contributed by atoms with van der Waals surface area (Å²) in [5.74, 6) is 6.06. The zero-order valence-electron chi connectivity index (χ0n) is 10.7. The van der Waals surface area contributed by atoms with Gasteiger partial charge in [-0.15, -0.1) is 0 Å². The van der Waals surface area contributed by atoms with Crippen LogP contribution in [0.2, 0.25) is 0 Å². The first-order chi connectivity index (χ1) is 9.12. The summed E-state index contributed by atoms with van der Waals surface area (Å²) < 4.78 is 25.0. The summed E-state index contributed by atoms with van der Waals surface area (Å²) in [5.41, 5.74) is 1.80. The Balaban J connectivity index is 2.10. The number of hydrogen-bond acceptors (Lipinski definition) is 3. The smallest absolute Gasteiger partial charge is 0.214 e. The third kappa shape index (κ3) is 3.80. The average molecular weight is 279 g/mol. The molecule has 0 spiro atoms. The van der Waals surface area contributed by atoms with Crippen LogP contribution >= 0.6 is 0 Å². The fourth-order valence-electron chi connectivity index (χ4n) is 2.04. The Hall–Kier alpha value is -1.35. The van der Waals surface area contributed by atoms with Crippen LogP contribution in [-0.4, -0.2) is 36.7 Å². The van der Waals surface area contributed by atoms with E-state index >= 15 is 0 Å². The van der Waals surface area contributed by atoms with E-state index < -0.39 is 10.0 Å². The fourth-order valence-corrected chi connectivity index (χ4v) is 3.55. The number of rotatable bonds is 3. The molecule has 0 saturated carbocycles. The molecular formula is C14H17NO3S. The van der Waals surface area contributed by atoms with Crippen molar-refractivity contribution in [2.45, 2.75) is 19.4 Å². The molecule has 1 N–H and O–H groups in total. The lowest BCUT2D eigenvalue weighted by Crippen LogP contribution is -2.25. The predicted molar refractivity (Wildman–Crippen MR) is 73.8 cm³/mol. The van der Waals surface area contributed by atoms with Crippen LogP contribution in [0.5, 0.6) is 0 Å². The number of hydrogen-bond donors (Lipinski definition) is 1. The van der Waals surface area contributed by atoms with Gasteiger partial charge < -0.3 is 5.11 Å². The minimum absolute atomic E-state index is 0.0543. The van der Waals surface area contributed by atoms with E-state index in [9.17, 15) is 8.42 Å². The van der Waals surface area contributed by atoms with Crippen LogP contribution in [0, 0.1) is 11.8 Å². The summed E-state index contributed by atoms with van der Waals surface area (Å²) in [6.45, 7) is 1.07. The van der Waals surface area contributed by atoms with Crippen LogP contribution in [-0.2, 0) is 16.6 Å². The summed E-state index contributed by atoms with van der Waals surface area (Å²) in [7, 11) is -3.05. The van der Waals surface area contributed by atoms with Gasteiger partial charge in [-0.3, -0.25) is 0 Å². The monoisotopic (exact) mass is 279 g/mol. The molecule has 1 saturated heterocycles. The van der Waals surface area contributed by atoms with E-state index in [1.54, 1.807) is 0 Å². The Morgan fingerprint density at radius 2 is 2.21 bits per heavy atom. The molecule has 102 valence electrons. The molecular weight excluding hydrogens is 262 g/mol. The first-order valence-corrected chi connectivity index (χ1v) is 7.89. The fraction of sp³-hybridized carbons (Fsp3) is 0.429. The first kappa shape index (κ1) is 14.1. The minimum Gasteiger partial charge on any atom is -0.395 e. The molecule has 1 aromatic carbocycles. The maximum absolute atomic E-state index is 11.7. The molecule has 0 bridgehead atoms. The highest BCUT2D eigenvalue weighted by Gasteiger charge is 2.27. The second kappa shape index (κ2) is 6.20. The van der Waals surface area contributed by atoms with Gasteiger partial charge in [-0.1, -0.05) is 24.0 Å². The lowest BCUT2D eigenvalue weighted by atomic mass is 10.1. The lowest BCUT2D eigenvalue weighted by molar-refractivity contribution is 0.305. The van der Waals surface area contributed by atoms with Crippen molar-refractivity contribution in [3.8, 4) is 11.8 Å². The number of nitrogens with zero attached hydrogens (tertiary/aromatic N) is 1. The van der Waals surface area contributed by atoms with Crippen molar-refractivity contribution >= 4 is 10.0 Å². The molecule has 0 radical (unpaired) electrons. The summed E-state index contributed by atoms with van der Waals surface area (Å²) >= 11 is 0. The quantitative estimate of drug-likeness (QED) is 0.838. The highest BCUT2D eigenvalue weighted by molar-refractivity contribution is 7.89. The topological polar surface area (TPSA) is 57.6 Å². The van der Waals surface area contributed by atoms with Gasteiger partial charge in [0, 0.05) is 25.1 Å². The molecule has 19 heavy (non-hydrogen) atoms. The number of aliphatic hydroxyl groups excluding tert-OH is 1. The molecule has 0 atom stereocenters. The Bertz CT molecular complexity index is 599. The van der Waals surface area contributed by atoms with Crippen LogP contribution in [0.4, 0.5) is 0 Å². The Labute approximate surface area is 114 Å². The Morgan fingerprint density at radius 1 is 1.37 bits per heavy atom. The van der Waals surface area contributed by atoms with Crippen molar-refractivity contribution in [1.29, 1.82) is 0 Å². The molecule has 0 unspecified atom stereocenters. The van der Waals surface area contributed by atoms with E-state index in [2.05, 4.69) is 11.8 Å². The number of aliphatic hydroxyl groups is 1. The van der Waals surface area contributed by atoms with E-state index in [0.29, 0.717) is 25.9 Å². The molecule has 0 aliphatic carbocycles. The van der Waals surface area contributed by atoms with E-state index in [-0.39, 0.29) is 12.4 Å². The molecule has 5 heteroatoms. The van der Waals surface area contributed by atoms with Crippen LogP contribution in [0.15, 0.2) is 24.3 Å². The average Bonchev–Trinajstić information content (AvgIpc) is 2.70. The number of sulfonamides is 1. The zero-order valence-corrected chi connectivity index (χ0v) is 11.5. The van der Waals surface area contributed by atoms with E-state index in [1.165, 1.54) is 4.31 Å². The van der Waals surface area contributed by atoms with Crippen molar-refractivity contribution in [3.05, 3.63) is 35.4 Å². The van der Waals surface area contributed by atoms with Crippen LogP contribution in [0.3, 0.4) is 0 Å². The third-order valence-electron chi connectivity index (χ3n) is 2.96. The summed E-state index contributed by atoms with van der Waals surface area (Å²) in [6, 6.07) is 7.57. The largest absolute Gasteiger partial charge is 0.395 e. The van der Waals surface area contributed by atoms with E-state index in [0.717, 1.165) is 11.1 Å². The molecule has 2 rings (SSSR count). The Morgan fingerprint density at radius 3 is 2.89 bits per heavy atom. The second-order valence-electron chi connectivity index (χ2n) is 4.48. The SMILES string of the molecule is O=S1(=O)CCCN1Cc1cccc(C#CCCO)c1. The van der Waals surface area contributed by atoms with Gasteiger partial charge in [-0.25, -0.2) is 8.42 Å². The molecule has 4 nitrogen and oxygen atoms in total. The lowest BCUT2D eigenvalue weighted by Gasteiger charge is -2.14. The summed E-state index contributed by atoms with van der Waals surface area (Å²) in [6.07, 6.45) is 1.16. The predicted octanol–water partition coefficient (Wildman–Crippen LogP) is 0.956. The van der Waals surface area contributed by atoms with Gasteiger partial charge in [0.2, 0.25) is 10.0 Å². The Kier molecular flexibility index (Phi) is 4.59. The van der Waals surface area contributed by atoms with Gasteiger partial charge in [-0.05, 0) is 24.1 Å². The summed E-state index contributed by atoms with van der Waals surface area (Å²) in [5, 5.41) is 8.67. The molecule has 1 fully saturated rings. The van der Waals surface area contributed by atoms with Crippen molar-refractivity contribution in [2.75, 3.05) is 18.9 Å². The first-order valence-electron chi connectivity index (χ1n) is 6.28. The molecule has 1 aliphatic rings.